The first-order valence-electron chi connectivity index (χ1n) is 5.69. The molecule has 0 radical (unpaired) electrons. The Labute approximate surface area is 114 Å². The van der Waals surface area contributed by atoms with E-state index in [2.05, 4.69) is 15.5 Å². The van der Waals surface area contributed by atoms with E-state index in [0.29, 0.717) is 23.1 Å². The Morgan fingerprint density at radius 3 is 2.68 bits per heavy atom. The summed E-state index contributed by atoms with van der Waals surface area (Å²) in [7, 11) is 1.62. The van der Waals surface area contributed by atoms with Crippen molar-refractivity contribution in [3.8, 4) is 5.75 Å². The van der Waals surface area contributed by atoms with Crippen molar-refractivity contribution in [2.45, 2.75) is 12.8 Å². The lowest BCUT2D eigenvalue weighted by Crippen LogP contribution is -2.12. The Balaban J connectivity index is 1.82. The van der Waals surface area contributed by atoms with Gasteiger partial charge in [-0.2, -0.15) is 0 Å². The number of carbonyl (C=O) groups is 1. The molecule has 0 unspecified atom stereocenters. The molecule has 2 rings (SSSR count). The molecule has 0 aliphatic heterocycles. The molecule has 1 aromatic heterocycles. The number of rotatable bonds is 5. The number of aromatic nitrogens is 2. The first-order valence-corrected chi connectivity index (χ1v) is 6.51. The molecule has 100 valence electrons. The second kappa shape index (κ2) is 6.14. The summed E-state index contributed by atoms with van der Waals surface area (Å²) in [5.41, 5.74) is 6.51. The lowest BCUT2D eigenvalue weighted by Gasteiger charge is -2.03. The minimum Gasteiger partial charge on any atom is -0.497 e. The maximum absolute atomic E-state index is 11.7. The van der Waals surface area contributed by atoms with E-state index in [4.69, 9.17) is 10.5 Å². The monoisotopic (exact) mass is 278 g/mol. The summed E-state index contributed by atoms with van der Waals surface area (Å²) in [6, 6.07) is 7.63. The summed E-state index contributed by atoms with van der Waals surface area (Å²) in [6.45, 7) is 0. The maximum Gasteiger partial charge on any atom is 0.226 e. The highest BCUT2D eigenvalue weighted by Crippen LogP contribution is 2.17. The molecule has 19 heavy (non-hydrogen) atoms. The van der Waals surface area contributed by atoms with Crippen LogP contribution in [0.3, 0.4) is 0 Å². The number of ether oxygens (including phenoxy) is 1. The Morgan fingerprint density at radius 1 is 1.37 bits per heavy atom. The number of aryl methyl sites for hydroxylation is 1. The largest absolute Gasteiger partial charge is 0.497 e. The fraction of sp³-hybridized carbons (Fsp3) is 0.250. The average Bonchev–Trinajstić information content (AvgIpc) is 2.82. The minimum absolute atomic E-state index is 0.105. The number of carbonyl (C=O) groups excluding carboxylic acids is 1. The van der Waals surface area contributed by atoms with Crippen molar-refractivity contribution in [1.82, 2.24) is 10.2 Å². The van der Waals surface area contributed by atoms with Crippen LogP contribution in [0.1, 0.15) is 12.0 Å². The third-order valence-electron chi connectivity index (χ3n) is 2.49. The number of hydrogen-bond acceptors (Lipinski definition) is 6. The zero-order chi connectivity index (χ0) is 13.7. The van der Waals surface area contributed by atoms with Gasteiger partial charge in [0, 0.05) is 6.42 Å². The Morgan fingerprint density at radius 2 is 2.11 bits per heavy atom. The van der Waals surface area contributed by atoms with Gasteiger partial charge in [0.25, 0.3) is 0 Å². The van der Waals surface area contributed by atoms with Gasteiger partial charge in [-0.15, -0.1) is 10.2 Å². The van der Waals surface area contributed by atoms with Gasteiger partial charge in [-0.1, -0.05) is 23.5 Å². The summed E-state index contributed by atoms with van der Waals surface area (Å²) in [5, 5.41) is 10.8. The second-order valence-electron chi connectivity index (χ2n) is 3.84. The van der Waals surface area contributed by atoms with Gasteiger partial charge in [-0.25, -0.2) is 0 Å². The van der Waals surface area contributed by atoms with E-state index in [0.717, 1.165) is 22.6 Å². The number of hydrogen-bond donors (Lipinski definition) is 2. The van der Waals surface area contributed by atoms with Gasteiger partial charge < -0.3 is 15.8 Å². The summed E-state index contributed by atoms with van der Waals surface area (Å²) >= 11 is 1.15. The topological polar surface area (TPSA) is 90.1 Å². The van der Waals surface area contributed by atoms with Crippen LogP contribution in [0.2, 0.25) is 0 Å². The van der Waals surface area contributed by atoms with Crippen LogP contribution >= 0.6 is 11.3 Å². The quantitative estimate of drug-likeness (QED) is 0.868. The van der Waals surface area contributed by atoms with Gasteiger partial charge in [0.2, 0.25) is 16.2 Å². The summed E-state index contributed by atoms with van der Waals surface area (Å²) < 4.78 is 5.07. The maximum atomic E-state index is 11.7. The van der Waals surface area contributed by atoms with Crippen molar-refractivity contribution < 1.29 is 9.53 Å². The standard InChI is InChI=1S/C12H14N4O2S/c1-18-9-5-2-8(3-6-9)4-7-10(17)14-12-16-15-11(13)19-12/h2-3,5-6H,4,7H2,1H3,(H2,13,15)(H,14,16,17). The van der Waals surface area contributed by atoms with Crippen LogP contribution in [0.25, 0.3) is 0 Å². The molecule has 0 saturated carbocycles. The highest BCUT2D eigenvalue weighted by molar-refractivity contribution is 7.18. The lowest BCUT2D eigenvalue weighted by molar-refractivity contribution is -0.116. The molecule has 6 nitrogen and oxygen atoms in total. The van der Waals surface area contributed by atoms with Crippen molar-refractivity contribution in [1.29, 1.82) is 0 Å². The van der Waals surface area contributed by atoms with Crippen LogP contribution in [0.5, 0.6) is 5.75 Å². The Kier molecular flexibility index (Phi) is 4.30. The molecular weight excluding hydrogens is 264 g/mol. The molecule has 1 aromatic carbocycles. The number of nitrogens with one attached hydrogen (secondary N) is 1. The van der Waals surface area contributed by atoms with Gasteiger partial charge in [0.1, 0.15) is 5.75 Å². The Bertz CT molecular complexity index is 553. The van der Waals surface area contributed by atoms with Gasteiger partial charge in [-0.3, -0.25) is 4.79 Å². The molecular formula is C12H14N4O2S. The first-order chi connectivity index (χ1) is 9.17. The van der Waals surface area contributed by atoms with Crippen LogP contribution in [-0.2, 0) is 11.2 Å². The summed E-state index contributed by atoms with van der Waals surface area (Å²) in [5.74, 6) is 0.699. The number of nitrogen functional groups attached to an aromatic ring is 1. The van der Waals surface area contributed by atoms with E-state index in [-0.39, 0.29) is 5.91 Å². The van der Waals surface area contributed by atoms with E-state index in [1.807, 2.05) is 24.3 Å². The molecule has 0 aliphatic rings. The molecule has 0 fully saturated rings. The molecule has 0 bridgehead atoms. The van der Waals surface area contributed by atoms with E-state index in [9.17, 15) is 4.79 Å². The van der Waals surface area contributed by atoms with Crippen LogP contribution < -0.4 is 15.8 Å². The molecule has 1 amide bonds. The number of nitrogens with two attached hydrogens (primary N) is 1. The number of methoxy groups -OCH3 is 1. The normalized spacial score (nSPS) is 10.2. The molecule has 3 N–H and O–H groups in total. The smallest absolute Gasteiger partial charge is 0.226 e. The van der Waals surface area contributed by atoms with Crippen LogP contribution in [0, 0.1) is 0 Å². The van der Waals surface area contributed by atoms with Gasteiger partial charge in [0.15, 0.2) is 0 Å². The number of amides is 1. The zero-order valence-electron chi connectivity index (χ0n) is 10.4. The summed E-state index contributed by atoms with van der Waals surface area (Å²) in [4.78, 5) is 11.7. The fourth-order valence-electron chi connectivity index (χ4n) is 1.52. The summed E-state index contributed by atoms with van der Waals surface area (Å²) in [6.07, 6.45) is 1.04. The second-order valence-corrected chi connectivity index (χ2v) is 4.85. The van der Waals surface area contributed by atoms with E-state index in [1.165, 1.54) is 0 Å². The van der Waals surface area contributed by atoms with Crippen molar-refractivity contribution in [3.63, 3.8) is 0 Å². The van der Waals surface area contributed by atoms with Crippen molar-refractivity contribution >= 4 is 27.5 Å². The highest BCUT2D eigenvalue weighted by Gasteiger charge is 2.07. The predicted octanol–water partition coefficient (Wildman–Crippen LogP) is 1.70. The van der Waals surface area contributed by atoms with E-state index in [1.54, 1.807) is 7.11 Å². The van der Waals surface area contributed by atoms with Gasteiger partial charge in [0.05, 0.1) is 7.11 Å². The highest BCUT2D eigenvalue weighted by atomic mass is 32.1. The fourth-order valence-corrected chi connectivity index (χ4v) is 2.04. The van der Waals surface area contributed by atoms with Crippen LogP contribution in [0.15, 0.2) is 24.3 Å². The van der Waals surface area contributed by atoms with E-state index >= 15 is 0 Å². The third-order valence-corrected chi connectivity index (χ3v) is 3.15. The first kappa shape index (κ1) is 13.3. The average molecular weight is 278 g/mol. The number of benzene rings is 1. The van der Waals surface area contributed by atoms with E-state index < -0.39 is 0 Å². The number of nitrogens with zero attached hydrogens (tertiary/aromatic N) is 2. The molecule has 7 heteroatoms. The molecule has 1 heterocycles. The minimum atomic E-state index is -0.105. The zero-order valence-corrected chi connectivity index (χ0v) is 11.2. The number of anilines is 2. The SMILES string of the molecule is COc1ccc(CCC(=O)Nc2nnc(N)s2)cc1. The van der Waals surface area contributed by atoms with Crippen molar-refractivity contribution in [3.05, 3.63) is 29.8 Å². The molecule has 0 atom stereocenters. The van der Waals surface area contributed by atoms with Crippen LogP contribution in [0.4, 0.5) is 10.3 Å². The molecule has 2 aromatic rings. The Hall–Kier alpha value is -2.15. The van der Waals surface area contributed by atoms with Gasteiger partial charge >= 0.3 is 0 Å². The predicted molar refractivity (Wildman–Crippen MR) is 74.3 cm³/mol. The van der Waals surface area contributed by atoms with Gasteiger partial charge in [-0.05, 0) is 24.1 Å². The molecule has 0 saturated heterocycles. The van der Waals surface area contributed by atoms with Crippen molar-refractivity contribution in [2.24, 2.45) is 0 Å². The third kappa shape index (κ3) is 3.92. The van der Waals surface area contributed by atoms with Crippen molar-refractivity contribution in [2.75, 3.05) is 18.2 Å². The molecule has 0 aliphatic carbocycles. The molecule has 0 spiro atoms. The van der Waals surface area contributed by atoms with Crippen LogP contribution in [-0.4, -0.2) is 23.2 Å². The lowest BCUT2D eigenvalue weighted by atomic mass is 10.1.